The Balaban J connectivity index is 1.58. The van der Waals surface area contributed by atoms with Gasteiger partial charge in [-0.2, -0.15) is 0 Å². The second kappa shape index (κ2) is 5.54. The van der Waals surface area contributed by atoms with Crippen LogP contribution in [0.5, 0.6) is 0 Å². The van der Waals surface area contributed by atoms with Gasteiger partial charge in [0, 0.05) is 22.3 Å². The number of thiophene rings is 1. The molecule has 0 N–H and O–H groups in total. The summed E-state index contributed by atoms with van der Waals surface area (Å²) < 4.78 is 1.38. The second-order valence-electron chi connectivity index (χ2n) is 5.51. The molecule has 1 saturated heterocycles. The number of rotatable bonds is 3. The first-order valence-electron chi connectivity index (χ1n) is 7.37. The van der Waals surface area contributed by atoms with Crippen molar-refractivity contribution in [1.82, 2.24) is 14.9 Å². The van der Waals surface area contributed by atoms with E-state index in [1.807, 2.05) is 23.6 Å². The van der Waals surface area contributed by atoms with Gasteiger partial charge >= 0.3 is 0 Å². The van der Waals surface area contributed by atoms with Crippen molar-refractivity contribution in [2.75, 3.05) is 6.54 Å². The Labute approximate surface area is 128 Å². The number of fused-ring (bicyclic) bond motifs is 1. The van der Waals surface area contributed by atoms with Crippen LogP contribution in [0.3, 0.4) is 0 Å². The molecule has 0 bridgehead atoms. The topological polar surface area (TPSA) is 29.0 Å². The third kappa shape index (κ3) is 2.57. The van der Waals surface area contributed by atoms with E-state index in [9.17, 15) is 0 Å². The fourth-order valence-electron chi connectivity index (χ4n) is 3.16. The Morgan fingerprint density at radius 3 is 3.05 bits per heavy atom. The highest BCUT2D eigenvalue weighted by Crippen LogP contribution is 2.34. The van der Waals surface area contributed by atoms with Crippen LogP contribution in [0.25, 0.3) is 10.1 Å². The molecule has 0 radical (unpaired) electrons. The minimum absolute atomic E-state index is 0.443. The van der Waals surface area contributed by atoms with Crippen molar-refractivity contribution >= 4 is 21.4 Å². The lowest BCUT2D eigenvalue weighted by Gasteiger charge is -2.23. The van der Waals surface area contributed by atoms with Gasteiger partial charge in [0.15, 0.2) is 0 Å². The van der Waals surface area contributed by atoms with E-state index < -0.39 is 0 Å². The van der Waals surface area contributed by atoms with Gasteiger partial charge in [-0.05, 0) is 43.0 Å². The van der Waals surface area contributed by atoms with Crippen LogP contribution >= 0.6 is 11.3 Å². The summed E-state index contributed by atoms with van der Waals surface area (Å²) in [4.78, 5) is 12.5. The molecule has 106 valence electrons. The average Bonchev–Trinajstić information content (AvgIpc) is 3.14. The Morgan fingerprint density at radius 1 is 1.24 bits per heavy atom. The van der Waals surface area contributed by atoms with Gasteiger partial charge in [0.2, 0.25) is 0 Å². The van der Waals surface area contributed by atoms with Crippen LogP contribution in [-0.2, 0) is 6.54 Å². The molecule has 1 aromatic carbocycles. The van der Waals surface area contributed by atoms with Crippen molar-refractivity contribution in [1.29, 1.82) is 0 Å². The molecule has 0 saturated carbocycles. The van der Waals surface area contributed by atoms with Gasteiger partial charge in [-0.15, -0.1) is 11.3 Å². The van der Waals surface area contributed by atoms with Gasteiger partial charge < -0.3 is 0 Å². The van der Waals surface area contributed by atoms with E-state index in [1.54, 1.807) is 6.33 Å². The molecule has 1 fully saturated rings. The lowest BCUT2D eigenvalue weighted by molar-refractivity contribution is 0.246. The van der Waals surface area contributed by atoms with E-state index in [0.717, 1.165) is 18.8 Å². The molecule has 3 nitrogen and oxygen atoms in total. The van der Waals surface area contributed by atoms with E-state index in [1.165, 1.54) is 27.8 Å². The molecule has 21 heavy (non-hydrogen) atoms. The molecular formula is C17H17N3S. The molecular weight excluding hydrogens is 278 g/mol. The Bertz CT molecular complexity index is 705. The van der Waals surface area contributed by atoms with Crippen molar-refractivity contribution in [2.24, 2.45) is 0 Å². The quantitative estimate of drug-likeness (QED) is 0.730. The van der Waals surface area contributed by atoms with Crippen LogP contribution in [0, 0.1) is 0 Å². The second-order valence-corrected chi connectivity index (χ2v) is 6.68. The Kier molecular flexibility index (Phi) is 3.41. The smallest absolute Gasteiger partial charge is 0.115 e. The maximum atomic E-state index is 4.45. The first-order valence-corrected chi connectivity index (χ1v) is 8.19. The molecule has 2 aromatic heterocycles. The summed E-state index contributed by atoms with van der Waals surface area (Å²) in [5.74, 6) is 0. The number of benzene rings is 1. The standard InChI is InChI=1S/C17H17N3S/c1-2-6-17-13(4-1)10-14(21-17)11-20-9-3-5-16(20)15-7-8-18-12-19-15/h1-2,4,6-8,10,12,16H,3,5,9,11H2/t16-/m0/s1. The maximum Gasteiger partial charge on any atom is 0.115 e. The fourth-order valence-corrected chi connectivity index (χ4v) is 4.25. The molecule has 0 amide bonds. The van der Waals surface area contributed by atoms with Crippen molar-refractivity contribution in [3.63, 3.8) is 0 Å². The third-order valence-corrected chi connectivity index (χ3v) is 5.25. The number of likely N-dealkylation sites (tertiary alicyclic amines) is 1. The highest BCUT2D eigenvalue weighted by molar-refractivity contribution is 7.19. The lowest BCUT2D eigenvalue weighted by Crippen LogP contribution is -2.22. The van der Waals surface area contributed by atoms with Crippen LogP contribution in [0.2, 0.25) is 0 Å². The normalized spacial score (nSPS) is 19.3. The average molecular weight is 295 g/mol. The lowest BCUT2D eigenvalue weighted by atomic mass is 10.1. The number of hydrogen-bond donors (Lipinski definition) is 0. The SMILES string of the molecule is c1ccc2sc(CN3CCC[C@H]3c3ccncn3)cc2c1. The van der Waals surface area contributed by atoms with E-state index >= 15 is 0 Å². The summed E-state index contributed by atoms with van der Waals surface area (Å²) in [6.07, 6.45) is 5.95. The number of nitrogens with zero attached hydrogens (tertiary/aromatic N) is 3. The first-order chi connectivity index (χ1) is 10.4. The van der Waals surface area contributed by atoms with Gasteiger partial charge in [-0.3, -0.25) is 4.90 Å². The molecule has 0 aliphatic carbocycles. The van der Waals surface area contributed by atoms with E-state index in [2.05, 4.69) is 45.2 Å². The number of hydrogen-bond acceptors (Lipinski definition) is 4. The van der Waals surface area contributed by atoms with Crippen molar-refractivity contribution in [2.45, 2.75) is 25.4 Å². The van der Waals surface area contributed by atoms with Crippen LogP contribution in [-0.4, -0.2) is 21.4 Å². The predicted molar refractivity (Wildman–Crippen MR) is 86.2 cm³/mol. The summed E-state index contributed by atoms with van der Waals surface area (Å²) in [5, 5.41) is 1.36. The zero-order valence-electron chi connectivity index (χ0n) is 11.8. The Morgan fingerprint density at radius 2 is 2.19 bits per heavy atom. The summed E-state index contributed by atoms with van der Waals surface area (Å²) >= 11 is 1.91. The van der Waals surface area contributed by atoms with Crippen molar-refractivity contribution in [3.8, 4) is 0 Å². The molecule has 0 unspecified atom stereocenters. The molecule has 4 heteroatoms. The van der Waals surface area contributed by atoms with Crippen molar-refractivity contribution < 1.29 is 0 Å². The minimum atomic E-state index is 0.443. The van der Waals surface area contributed by atoms with E-state index in [-0.39, 0.29) is 0 Å². The summed E-state index contributed by atoms with van der Waals surface area (Å²) in [6.45, 7) is 2.18. The molecule has 0 spiro atoms. The van der Waals surface area contributed by atoms with Gasteiger partial charge in [-0.25, -0.2) is 9.97 Å². The van der Waals surface area contributed by atoms with Gasteiger partial charge in [0.05, 0.1) is 11.7 Å². The maximum absolute atomic E-state index is 4.45. The summed E-state index contributed by atoms with van der Waals surface area (Å²) in [5.41, 5.74) is 1.16. The molecule has 1 atom stereocenters. The van der Waals surface area contributed by atoms with Gasteiger partial charge in [0.1, 0.15) is 6.33 Å². The minimum Gasteiger partial charge on any atom is -0.290 e. The van der Waals surface area contributed by atoms with Crippen LogP contribution in [0.15, 0.2) is 48.9 Å². The third-order valence-electron chi connectivity index (χ3n) is 4.15. The fraction of sp³-hybridized carbons (Fsp3) is 0.294. The summed E-state index contributed by atoms with van der Waals surface area (Å²) in [7, 11) is 0. The molecule has 1 aliphatic rings. The predicted octanol–water partition coefficient (Wildman–Crippen LogP) is 4.03. The Hall–Kier alpha value is -1.78. The highest BCUT2D eigenvalue weighted by atomic mass is 32.1. The number of aromatic nitrogens is 2. The molecule has 1 aliphatic heterocycles. The van der Waals surface area contributed by atoms with E-state index in [0.29, 0.717) is 6.04 Å². The van der Waals surface area contributed by atoms with Crippen LogP contribution < -0.4 is 0 Å². The van der Waals surface area contributed by atoms with Gasteiger partial charge in [-0.1, -0.05) is 18.2 Å². The molecule has 3 aromatic rings. The van der Waals surface area contributed by atoms with Crippen LogP contribution in [0.1, 0.15) is 29.5 Å². The zero-order valence-corrected chi connectivity index (χ0v) is 12.6. The monoisotopic (exact) mass is 295 g/mol. The highest BCUT2D eigenvalue weighted by Gasteiger charge is 2.27. The molecule has 4 rings (SSSR count). The zero-order chi connectivity index (χ0) is 14.1. The van der Waals surface area contributed by atoms with Crippen molar-refractivity contribution in [3.05, 3.63) is 59.5 Å². The summed E-state index contributed by atoms with van der Waals surface area (Å²) in [6, 6.07) is 13.4. The molecule has 3 heterocycles. The largest absolute Gasteiger partial charge is 0.290 e. The van der Waals surface area contributed by atoms with E-state index in [4.69, 9.17) is 0 Å². The first kappa shape index (κ1) is 12.9. The van der Waals surface area contributed by atoms with Gasteiger partial charge in [0.25, 0.3) is 0 Å². The van der Waals surface area contributed by atoms with Crippen LogP contribution in [0.4, 0.5) is 0 Å².